The summed E-state index contributed by atoms with van der Waals surface area (Å²) in [5.74, 6) is -1.71. The fraction of sp³-hybridized carbons (Fsp3) is 0.300. The van der Waals surface area contributed by atoms with Crippen molar-refractivity contribution in [2.75, 3.05) is 6.61 Å². The van der Waals surface area contributed by atoms with Gasteiger partial charge in [-0.05, 0) is 51.5 Å². The van der Waals surface area contributed by atoms with Crippen LogP contribution in [0.1, 0.15) is 17.3 Å². The molecule has 1 rings (SSSR count). The predicted octanol–water partition coefficient (Wildman–Crippen LogP) is 3.04. The fourth-order valence-electron chi connectivity index (χ4n) is 1.08. The number of aromatic carboxylic acids is 1. The molecule has 0 aromatic heterocycles. The molecule has 0 saturated heterocycles. The number of hydrogen-bond acceptors (Lipinski definition) is 3. The number of ether oxygens (including phenoxy) is 1. The molecule has 0 heterocycles. The summed E-state index contributed by atoms with van der Waals surface area (Å²) in [6, 6.07) is 0.724. The topological polar surface area (TPSA) is 72.5 Å². The number of nitrogens with two attached hydrogens (primary N) is 1. The Balaban J connectivity index is 0.00000289. The Bertz CT molecular complexity index is 459. The molecule has 4 nitrogen and oxygen atoms in total. The van der Waals surface area contributed by atoms with E-state index in [1.807, 2.05) is 0 Å². The predicted molar refractivity (Wildman–Crippen MR) is 80.2 cm³/mol. The average Bonchev–Trinajstić information content (AvgIpc) is 2.22. The molecule has 0 bridgehead atoms. The van der Waals surface area contributed by atoms with Gasteiger partial charge in [0.15, 0.2) is 5.75 Å². The van der Waals surface area contributed by atoms with Crippen LogP contribution in [0, 0.1) is 9.39 Å². The Kier molecular flexibility index (Phi) is 7.41. The Morgan fingerprint density at radius 1 is 1.72 bits per heavy atom. The van der Waals surface area contributed by atoms with E-state index < -0.39 is 11.8 Å². The summed E-state index contributed by atoms with van der Waals surface area (Å²) < 4.78 is 19.2. The molecule has 0 aliphatic rings. The maximum Gasteiger partial charge on any atom is 0.337 e. The second-order valence-corrected chi connectivity index (χ2v) is 5.33. The van der Waals surface area contributed by atoms with Crippen molar-refractivity contribution < 1.29 is 19.0 Å². The first-order chi connectivity index (χ1) is 7.84. The van der Waals surface area contributed by atoms with Crippen molar-refractivity contribution in [2.24, 2.45) is 5.73 Å². The van der Waals surface area contributed by atoms with Crippen molar-refractivity contribution >= 4 is 56.9 Å². The summed E-state index contributed by atoms with van der Waals surface area (Å²) in [6.07, 6.45) is 0. The van der Waals surface area contributed by atoms with Gasteiger partial charge in [0.1, 0.15) is 12.4 Å². The highest BCUT2D eigenvalue weighted by Crippen LogP contribution is 2.35. The molecule has 3 N–H and O–H groups in total. The first-order valence-electron chi connectivity index (χ1n) is 4.63. The summed E-state index contributed by atoms with van der Waals surface area (Å²) in [4.78, 5) is 10.9. The molecule has 0 spiro atoms. The van der Waals surface area contributed by atoms with E-state index in [2.05, 4.69) is 15.9 Å². The van der Waals surface area contributed by atoms with E-state index in [4.69, 9.17) is 15.6 Å². The molecule has 102 valence electrons. The maximum absolute atomic E-state index is 13.5. The zero-order chi connectivity index (χ0) is 13.2. The zero-order valence-electron chi connectivity index (χ0n) is 9.25. The third-order valence-corrected chi connectivity index (χ3v) is 3.65. The SMILES string of the molecule is C[C@H](N)COc1c(Br)c(F)cc(C(=O)O)c1I.Cl. The summed E-state index contributed by atoms with van der Waals surface area (Å²) in [5.41, 5.74) is 5.39. The Morgan fingerprint density at radius 2 is 2.28 bits per heavy atom. The number of hydrogen-bond donors (Lipinski definition) is 2. The lowest BCUT2D eigenvalue weighted by Crippen LogP contribution is -2.24. The largest absolute Gasteiger partial charge is 0.490 e. The Labute approximate surface area is 132 Å². The summed E-state index contributed by atoms with van der Waals surface area (Å²) in [7, 11) is 0. The van der Waals surface area contributed by atoms with Crippen LogP contribution in [0.3, 0.4) is 0 Å². The van der Waals surface area contributed by atoms with Gasteiger partial charge in [0, 0.05) is 6.04 Å². The first-order valence-corrected chi connectivity index (χ1v) is 6.51. The van der Waals surface area contributed by atoms with E-state index in [0.29, 0.717) is 3.57 Å². The number of carbonyl (C=O) groups is 1. The monoisotopic (exact) mass is 453 g/mol. The van der Waals surface area contributed by atoms with Gasteiger partial charge < -0.3 is 15.6 Å². The van der Waals surface area contributed by atoms with Crippen LogP contribution >= 0.6 is 50.9 Å². The first kappa shape index (κ1) is 17.9. The van der Waals surface area contributed by atoms with Gasteiger partial charge in [0.25, 0.3) is 0 Å². The molecule has 1 aromatic rings. The van der Waals surface area contributed by atoms with E-state index in [0.717, 1.165) is 6.07 Å². The van der Waals surface area contributed by atoms with E-state index in [1.54, 1.807) is 29.5 Å². The normalized spacial score (nSPS) is 11.6. The van der Waals surface area contributed by atoms with Gasteiger partial charge in [-0.1, -0.05) is 0 Å². The van der Waals surface area contributed by atoms with E-state index in [9.17, 15) is 9.18 Å². The molecule has 0 saturated carbocycles. The summed E-state index contributed by atoms with van der Waals surface area (Å²) in [5, 5.41) is 8.92. The van der Waals surface area contributed by atoms with Crippen molar-refractivity contribution in [3.8, 4) is 5.75 Å². The van der Waals surface area contributed by atoms with Crippen molar-refractivity contribution in [3.05, 3.63) is 25.5 Å². The molecular weight excluding hydrogens is 443 g/mol. The van der Waals surface area contributed by atoms with Crippen molar-refractivity contribution in [1.82, 2.24) is 0 Å². The second-order valence-electron chi connectivity index (χ2n) is 3.46. The van der Waals surface area contributed by atoms with Crippen LogP contribution in [0.15, 0.2) is 10.5 Å². The summed E-state index contributed by atoms with van der Waals surface area (Å²) >= 11 is 4.83. The lowest BCUT2D eigenvalue weighted by molar-refractivity contribution is 0.0694. The Hall–Kier alpha value is -0.120. The smallest absolute Gasteiger partial charge is 0.337 e. The van der Waals surface area contributed by atoms with E-state index in [-0.39, 0.29) is 40.8 Å². The fourth-order valence-corrected chi connectivity index (χ4v) is 2.69. The van der Waals surface area contributed by atoms with E-state index in [1.165, 1.54) is 0 Å². The zero-order valence-corrected chi connectivity index (χ0v) is 13.8. The molecule has 0 amide bonds. The van der Waals surface area contributed by atoms with E-state index >= 15 is 0 Å². The number of carboxylic acid groups (broad SMARTS) is 1. The molecular formula is C10H11BrClFINO3. The number of halogens is 4. The molecule has 0 aliphatic carbocycles. The minimum atomic E-state index is -1.20. The molecule has 0 radical (unpaired) electrons. The van der Waals surface area contributed by atoms with Gasteiger partial charge >= 0.3 is 5.97 Å². The Morgan fingerprint density at radius 3 is 2.72 bits per heavy atom. The van der Waals surface area contributed by atoms with Crippen LogP contribution in [0.4, 0.5) is 4.39 Å². The highest BCUT2D eigenvalue weighted by atomic mass is 127. The number of rotatable bonds is 4. The maximum atomic E-state index is 13.5. The van der Waals surface area contributed by atoms with Crippen LogP contribution in [0.25, 0.3) is 0 Å². The average molecular weight is 454 g/mol. The van der Waals surface area contributed by atoms with Crippen LogP contribution in [-0.4, -0.2) is 23.7 Å². The van der Waals surface area contributed by atoms with Crippen LogP contribution < -0.4 is 10.5 Å². The molecule has 0 unspecified atom stereocenters. The van der Waals surface area contributed by atoms with Gasteiger partial charge in [-0.2, -0.15) is 0 Å². The highest BCUT2D eigenvalue weighted by molar-refractivity contribution is 14.1. The minimum Gasteiger partial charge on any atom is -0.490 e. The standard InChI is InChI=1S/C10H10BrFINO3.ClH/c1-4(14)3-17-9-7(11)6(12)2-5(8(9)13)10(15)16;/h2,4H,3,14H2,1H3,(H,15,16);1H/t4-;/m0./s1. The molecule has 18 heavy (non-hydrogen) atoms. The van der Waals surface area contributed by atoms with Gasteiger partial charge in [-0.3, -0.25) is 0 Å². The van der Waals surface area contributed by atoms with Crippen molar-refractivity contribution in [3.63, 3.8) is 0 Å². The number of carboxylic acids is 1. The lowest BCUT2D eigenvalue weighted by atomic mass is 10.2. The minimum absolute atomic E-state index is 0. The summed E-state index contributed by atoms with van der Waals surface area (Å²) in [6.45, 7) is 1.91. The van der Waals surface area contributed by atoms with Gasteiger partial charge in [0.2, 0.25) is 0 Å². The van der Waals surface area contributed by atoms with Gasteiger partial charge in [-0.25, -0.2) is 9.18 Å². The highest BCUT2D eigenvalue weighted by Gasteiger charge is 2.20. The van der Waals surface area contributed by atoms with Crippen molar-refractivity contribution in [2.45, 2.75) is 13.0 Å². The van der Waals surface area contributed by atoms with Crippen LogP contribution in [-0.2, 0) is 0 Å². The number of benzene rings is 1. The molecule has 0 aliphatic heterocycles. The van der Waals surface area contributed by atoms with Gasteiger partial charge in [0.05, 0.1) is 13.6 Å². The molecule has 8 heteroatoms. The van der Waals surface area contributed by atoms with Gasteiger partial charge in [-0.15, -0.1) is 12.4 Å². The molecule has 0 fully saturated rings. The quantitative estimate of drug-likeness (QED) is 0.542. The third kappa shape index (κ3) is 4.22. The molecule has 1 atom stereocenters. The van der Waals surface area contributed by atoms with Crippen LogP contribution in [0.2, 0.25) is 0 Å². The van der Waals surface area contributed by atoms with Crippen molar-refractivity contribution in [1.29, 1.82) is 0 Å². The van der Waals surface area contributed by atoms with Crippen LogP contribution in [0.5, 0.6) is 5.75 Å². The molecule has 1 aromatic carbocycles. The third-order valence-electron chi connectivity index (χ3n) is 1.84. The second kappa shape index (κ2) is 7.46. The lowest BCUT2D eigenvalue weighted by Gasteiger charge is -2.14.